The Labute approximate surface area is 145 Å². The number of ether oxygens (including phenoxy) is 1. The highest BCUT2D eigenvalue weighted by molar-refractivity contribution is 6.15. The molecular weight excluding hydrogens is 357 g/mol. The molecule has 0 saturated heterocycles. The second-order valence-corrected chi connectivity index (χ2v) is 5.54. The molecule has 0 amide bonds. The van der Waals surface area contributed by atoms with Crippen LogP contribution in [-0.2, 0) is 9.53 Å². The molecule has 0 aliphatic heterocycles. The van der Waals surface area contributed by atoms with Crippen LogP contribution in [0, 0.1) is 34.5 Å². The van der Waals surface area contributed by atoms with Crippen LogP contribution >= 0.6 is 0 Å². The normalized spacial score (nSPS) is 15.1. The van der Waals surface area contributed by atoms with E-state index in [4.69, 9.17) is 4.74 Å². The summed E-state index contributed by atoms with van der Waals surface area (Å²) < 4.78 is 46.8. The second-order valence-electron chi connectivity index (χ2n) is 5.54. The molecule has 1 fully saturated rings. The molecule has 1 saturated carbocycles. The lowest BCUT2D eigenvalue weighted by molar-refractivity contribution is -0.388. The number of halogens is 3. The second kappa shape index (κ2) is 7.54. The molecule has 0 spiro atoms. The number of nitrogens with zero attached hydrogens (tertiary/aromatic N) is 2. The molecule has 1 N–H and O–H groups in total. The van der Waals surface area contributed by atoms with Gasteiger partial charge in [0, 0.05) is 11.8 Å². The molecule has 0 atom stereocenters. The summed E-state index contributed by atoms with van der Waals surface area (Å²) in [6, 6.07) is -0.0984. The maximum Gasteiger partial charge on any atom is 0.343 e. The van der Waals surface area contributed by atoms with Crippen molar-refractivity contribution in [1.29, 1.82) is 0 Å². The van der Waals surface area contributed by atoms with Gasteiger partial charge in [-0.05, 0) is 26.7 Å². The van der Waals surface area contributed by atoms with Crippen LogP contribution in [0.1, 0.15) is 30.9 Å². The molecule has 1 aromatic rings. The van der Waals surface area contributed by atoms with Gasteiger partial charge in [0.15, 0.2) is 5.82 Å². The summed E-state index contributed by atoms with van der Waals surface area (Å²) >= 11 is 0. The summed E-state index contributed by atoms with van der Waals surface area (Å²) in [6.45, 7) is 2.21. The lowest BCUT2D eigenvalue weighted by Crippen LogP contribution is -2.14. The smallest absolute Gasteiger partial charge is 0.343 e. The van der Waals surface area contributed by atoms with Gasteiger partial charge in [-0.25, -0.2) is 13.6 Å². The summed E-state index contributed by atoms with van der Waals surface area (Å²) in [5.74, 6) is -7.65. The molecule has 1 aliphatic rings. The van der Waals surface area contributed by atoms with Crippen LogP contribution in [0.15, 0.2) is 10.6 Å². The number of hydrogen-bond donors (Lipinski definition) is 1. The Morgan fingerprint density at radius 3 is 2.46 bits per heavy atom. The maximum atomic E-state index is 14.4. The topological polar surface area (TPSA) is 102 Å². The molecule has 0 radical (unpaired) electrons. The Hall–Kier alpha value is -2.91. The number of aliphatic hydroxyl groups is 1. The summed E-state index contributed by atoms with van der Waals surface area (Å²) in [4.78, 5) is 25.7. The third-order valence-electron chi connectivity index (χ3n) is 3.65. The fraction of sp³-hybridized carbons (Fsp3) is 0.375. The van der Waals surface area contributed by atoms with Crippen LogP contribution in [0.5, 0.6) is 0 Å². The van der Waals surface area contributed by atoms with Crippen molar-refractivity contribution >= 4 is 23.6 Å². The summed E-state index contributed by atoms with van der Waals surface area (Å²) in [6.07, 6.45) is 2.38. The molecule has 0 bridgehead atoms. The monoisotopic (exact) mass is 372 g/mol. The highest BCUT2D eigenvalue weighted by Crippen LogP contribution is 2.35. The van der Waals surface area contributed by atoms with Gasteiger partial charge in [-0.1, -0.05) is 0 Å². The van der Waals surface area contributed by atoms with E-state index in [9.17, 15) is 33.2 Å². The van der Waals surface area contributed by atoms with Gasteiger partial charge in [0.05, 0.1) is 17.6 Å². The fourth-order valence-corrected chi connectivity index (χ4v) is 2.11. The molecule has 2 rings (SSSR count). The standard InChI is InChI=1S/C16H15F3N2O5/c1-3-26-16(23)9(6-20-8-4-5-8)15(22)10-11(17)7(2)12(18)13(19)14(10)21(24)25/h6,8,22H,3-5H2,1-2H3/b15-9+,20-6?. The molecule has 26 heavy (non-hydrogen) atoms. The highest BCUT2D eigenvalue weighted by atomic mass is 19.2. The van der Waals surface area contributed by atoms with E-state index in [-0.39, 0.29) is 12.6 Å². The van der Waals surface area contributed by atoms with Gasteiger partial charge in [0.25, 0.3) is 0 Å². The third-order valence-corrected chi connectivity index (χ3v) is 3.65. The predicted octanol–water partition coefficient (Wildman–Crippen LogP) is 3.39. The molecule has 0 aromatic heterocycles. The van der Waals surface area contributed by atoms with Crippen LogP contribution in [0.25, 0.3) is 5.76 Å². The van der Waals surface area contributed by atoms with Gasteiger partial charge in [-0.2, -0.15) is 4.39 Å². The van der Waals surface area contributed by atoms with Crippen molar-refractivity contribution in [3.8, 4) is 0 Å². The lowest BCUT2D eigenvalue weighted by atomic mass is 10.0. The van der Waals surface area contributed by atoms with Crippen molar-refractivity contribution in [3.63, 3.8) is 0 Å². The Bertz CT molecular complexity index is 832. The van der Waals surface area contributed by atoms with Crippen LogP contribution in [0.4, 0.5) is 18.9 Å². The van der Waals surface area contributed by atoms with E-state index in [1.807, 2.05) is 0 Å². The predicted molar refractivity (Wildman–Crippen MR) is 85.4 cm³/mol. The molecular formula is C16H15F3N2O5. The first-order valence-corrected chi connectivity index (χ1v) is 7.65. The van der Waals surface area contributed by atoms with Crippen LogP contribution in [0.3, 0.4) is 0 Å². The number of hydrogen-bond acceptors (Lipinski definition) is 6. The number of benzene rings is 1. The summed E-state index contributed by atoms with van der Waals surface area (Å²) in [7, 11) is 0. The zero-order valence-electron chi connectivity index (χ0n) is 13.9. The van der Waals surface area contributed by atoms with Crippen molar-refractivity contribution in [2.75, 3.05) is 6.61 Å². The van der Waals surface area contributed by atoms with Crippen molar-refractivity contribution in [2.24, 2.45) is 4.99 Å². The first kappa shape index (κ1) is 19.4. The minimum absolute atomic E-state index is 0.0984. The van der Waals surface area contributed by atoms with Crippen LogP contribution in [0.2, 0.25) is 0 Å². The van der Waals surface area contributed by atoms with Gasteiger partial charge in [-0.3, -0.25) is 15.1 Å². The SMILES string of the molecule is CCOC(=O)/C(C=NC1CC1)=C(/O)c1c(F)c(C)c(F)c(F)c1[N+](=O)[O-]. The van der Waals surface area contributed by atoms with E-state index < -0.39 is 56.5 Å². The van der Waals surface area contributed by atoms with Gasteiger partial charge in [0.2, 0.25) is 5.82 Å². The average Bonchev–Trinajstić information content (AvgIpc) is 3.40. The number of aliphatic hydroxyl groups excluding tert-OH is 1. The molecule has 1 aliphatic carbocycles. The van der Waals surface area contributed by atoms with E-state index in [1.54, 1.807) is 0 Å². The molecule has 140 valence electrons. The number of esters is 1. The van der Waals surface area contributed by atoms with Crippen molar-refractivity contribution in [3.05, 3.63) is 44.3 Å². The first-order chi connectivity index (χ1) is 12.2. The van der Waals surface area contributed by atoms with Crippen molar-refractivity contribution < 1.29 is 32.7 Å². The van der Waals surface area contributed by atoms with E-state index in [0.29, 0.717) is 0 Å². The lowest BCUT2D eigenvalue weighted by Gasteiger charge is -2.11. The number of nitro benzene ring substituents is 1. The first-order valence-electron chi connectivity index (χ1n) is 7.65. The van der Waals surface area contributed by atoms with Gasteiger partial charge < -0.3 is 9.84 Å². The zero-order valence-corrected chi connectivity index (χ0v) is 13.9. The van der Waals surface area contributed by atoms with Gasteiger partial charge >= 0.3 is 11.7 Å². The summed E-state index contributed by atoms with van der Waals surface area (Å²) in [5.41, 5.74) is -4.43. The van der Waals surface area contributed by atoms with Crippen molar-refractivity contribution in [1.82, 2.24) is 0 Å². The minimum Gasteiger partial charge on any atom is -0.506 e. The Morgan fingerprint density at radius 1 is 1.35 bits per heavy atom. The number of rotatable bonds is 6. The zero-order chi connectivity index (χ0) is 19.6. The number of carbonyl (C=O) groups excluding carboxylic acids is 1. The molecule has 1 aromatic carbocycles. The van der Waals surface area contributed by atoms with E-state index in [1.165, 1.54) is 6.92 Å². The fourth-order valence-electron chi connectivity index (χ4n) is 2.11. The van der Waals surface area contributed by atoms with E-state index >= 15 is 0 Å². The quantitative estimate of drug-likeness (QED) is 0.157. The Kier molecular flexibility index (Phi) is 5.63. The summed E-state index contributed by atoms with van der Waals surface area (Å²) in [5, 5.41) is 21.4. The maximum absolute atomic E-state index is 14.4. The third kappa shape index (κ3) is 3.68. The number of carbonyl (C=O) groups is 1. The number of nitro groups is 1. The largest absolute Gasteiger partial charge is 0.506 e. The molecule has 7 nitrogen and oxygen atoms in total. The van der Waals surface area contributed by atoms with Gasteiger partial charge in [-0.15, -0.1) is 0 Å². The molecule has 0 unspecified atom stereocenters. The average molecular weight is 372 g/mol. The van der Waals surface area contributed by atoms with Crippen molar-refractivity contribution in [2.45, 2.75) is 32.7 Å². The van der Waals surface area contributed by atoms with Crippen LogP contribution < -0.4 is 0 Å². The van der Waals surface area contributed by atoms with Gasteiger partial charge in [0.1, 0.15) is 22.7 Å². The Morgan fingerprint density at radius 2 is 1.96 bits per heavy atom. The van der Waals surface area contributed by atoms with E-state index in [0.717, 1.165) is 26.0 Å². The molecule has 0 heterocycles. The highest BCUT2D eigenvalue weighted by Gasteiger charge is 2.35. The minimum atomic E-state index is -1.95. The Balaban J connectivity index is 2.77. The van der Waals surface area contributed by atoms with E-state index in [2.05, 4.69) is 4.99 Å². The van der Waals surface area contributed by atoms with Crippen LogP contribution in [-0.4, -0.2) is 34.9 Å². The number of aliphatic imine (C=N–C) groups is 1. The molecule has 10 heteroatoms.